The molecule has 1 aliphatic rings. The summed E-state index contributed by atoms with van der Waals surface area (Å²) in [6.07, 6.45) is 5.66. The first kappa shape index (κ1) is 14.2. The van der Waals surface area contributed by atoms with Crippen molar-refractivity contribution in [1.29, 1.82) is 0 Å². The lowest BCUT2D eigenvalue weighted by molar-refractivity contribution is 0.388. The molecule has 0 bridgehead atoms. The maximum atomic E-state index is 4.92. The number of aromatic nitrogens is 2. The van der Waals surface area contributed by atoms with E-state index in [-0.39, 0.29) is 5.54 Å². The first-order valence-electron chi connectivity index (χ1n) is 7.16. The Balaban J connectivity index is 1.82. The Labute approximate surface area is 128 Å². The molecule has 1 atom stereocenters. The first-order chi connectivity index (χ1) is 9.53. The van der Waals surface area contributed by atoms with Crippen molar-refractivity contribution in [3.63, 3.8) is 0 Å². The van der Waals surface area contributed by atoms with Crippen LogP contribution in [0.2, 0.25) is 0 Å². The van der Waals surface area contributed by atoms with Gasteiger partial charge in [-0.2, -0.15) is 0 Å². The van der Waals surface area contributed by atoms with E-state index in [1.165, 1.54) is 34.7 Å². The second-order valence-corrected chi connectivity index (χ2v) is 8.38. The number of nitrogens with one attached hydrogen (secondary N) is 1. The van der Waals surface area contributed by atoms with E-state index in [0.29, 0.717) is 5.92 Å². The van der Waals surface area contributed by atoms with Crippen LogP contribution in [0.5, 0.6) is 0 Å². The van der Waals surface area contributed by atoms with Crippen LogP contribution in [0.25, 0.3) is 9.88 Å². The van der Waals surface area contributed by atoms with E-state index in [4.69, 9.17) is 4.98 Å². The van der Waals surface area contributed by atoms with Crippen LogP contribution in [0.15, 0.2) is 11.7 Å². The lowest BCUT2D eigenvalue weighted by Crippen LogP contribution is -2.39. The minimum atomic E-state index is 0.175. The van der Waals surface area contributed by atoms with Crippen LogP contribution in [-0.2, 0) is 6.42 Å². The number of hydrogen-bond acceptors (Lipinski definition) is 5. The molecule has 1 unspecified atom stereocenters. The van der Waals surface area contributed by atoms with Crippen LogP contribution in [0.1, 0.15) is 50.1 Å². The fourth-order valence-electron chi connectivity index (χ4n) is 2.56. The lowest BCUT2D eigenvalue weighted by atomic mass is 9.90. The highest BCUT2D eigenvalue weighted by Gasteiger charge is 2.26. The average molecular weight is 307 g/mol. The van der Waals surface area contributed by atoms with E-state index < -0.39 is 0 Å². The maximum Gasteiger partial charge on any atom is 0.135 e. The van der Waals surface area contributed by atoms with Gasteiger partial charge < -0.3 is 5.32 Å². The van der Waals surface area contributed by atoms with Crippen LogP contribution in [-0.4, -0.2) is 22.1 Å². The third kappa shape index (κ3) is 3.10. The molecule has 0 amide bonds. The lowest BCUT2D eigenvalue weighted by Gasteiger charge is -2.27. The Kier molecular flexibility index (Phi) is 3.93. The van der Waals surface area contributed by atoms with Gasteiger partial charge in [0, 0.05) is 29.1 Å². The molecule has 1 aliphatic carbocycles. The number of aryl methyl sites for hydroxylation is 1. The summed E-state index contributed by atoms with van der Waals surface area (Å²) in [5, 5.41) is 4.78. The third-order valence-corrected chi connectivity index (χ3v) is 5.67. The number of hydrogen-bond donors (Lipinski definition) is 1. The molecule has 0 aromatic carbocycles. The van der Waals surface area contributed by atoms with Crippen molar-refractivity contribution < 1.29 is 0 Å². The van der Waals surface area contributed by atoms with Gasteiger partial charge in [-0.15, -0.1) is 22.7 Å². The molecule has 0 radical (unpaired) electrons. The molecule has 20 heavy (non-hydrogen) atoms. The van der Waals surface area contributed by atoms with Gasteiger partial charge in [-0.3, -0.25) is 4.98 Å². The van der Waals surface area contributed by atoms with Gasteiger partial charge in [0.15, 0.2) is 0 Å². The minimum absolute atomic E-state index is 0.175. The van der Waals surface area contributed by atoms with E-state index in [9.17, 15) is 0 Å². The Bertz CT molecular complexity index is 566. The standard InChI is InChI=1S/C15H21N3S2/c1-15(2,3)17-7-10-5-4-6-11-13(10)18-14(20-11)12-8-16-9-19-12/h8-10,17H,4-7H2,1-3H3. The molecule has 2 aromatic heterocycles. The summed E-state index contributed by atoms with van der Waals surface area (Å²) in [7, 11) is 0. The van der Waals surface area contributed by atoms with Gasteiger partial charge in [0.25, 0.3) is 0 Å². The van der Waals surface area contributed by atoms with Crippen LogP contribution < -0.4 is 5.32 Å². The summed E-state index contributed by atoms with van der Waals surface area (Å²) in [6, 6.07) is 0. The van der Waals surface area contributed by atoms with E-state index in [1.54, 1.807) is 11.3 Å². The summed E-state index contributed by atoms with van der Waals surface area (Å²) in [6.45, 7) is 7.70. The molecule has 0 spiro atoms. The Morgan fingerprint density at radius 3 is 2.95 bits per heavy atom. The van der Waals surface area contributed by atoms with Gasteiger partial charge >= 0.3 is 0 Å². The summed E-state index contributed by atoms with van der Waals surface area (Å²) < 4.78 is 0. The number of thiazole rings is 2. The van der Waals surface area contributed by atoms with Gasteiger partial charge in [-0.1, -0.05) is 0 Å². The van der Waals surface area contributed by atoms with Crippen molar-refractivity contribution in [1.82, 2.24) is 15.3 Å². The Hall–Kier alpha value is -0.780. The topological polar surface area (TPSA) is 37.8 Å². The van der Waals surface area contributed by atoms with Crippen molar-refractivity contribution in [2.75, 3.05) is 6.54 Å². The quantitative estimate of drug-likeness (QED) is 0.928. The smallest absolute Gasteiger partial charge is 0.135 e. The highest BCUT2D eigenvalue weighted by Crippen LogP contribution is 2.38. The maximum absolute atomic E-state index is 4.92. The molecule has 3 rings (SSSR count). The van der Waals surface area contributed by atoms with Gasteiger partial charge in [0.05, 0.1) is 16.1 Å². The van der Waals surface area contributed by atoms with E-state index in [1.807, 2.05) is 23.0 Å². The second kappa shape index (κ2) is 5.54. The van der Waals surface area contributed by atoms with Crippen molar-refractivity contribution in [3.8, 4) is 9.88 Å². The van der Waals surface area contributed by atoms with Gasteiger partial charge in [0.2, 0.25) is 0 Å². The average Bonchev–Trinajstić information content (AvgIpc) is 3.03. The van der Waals surface area contributed by atoms with Crippen LogP contribution in [0.4, 0.5) is 0 Å². The molecule has 3 nitrogen and oxygen atoms in total. The highest BCUT2D eigenvalue weighted by atomic mass is 32.1. The van der Waals surface area contributed by atoms with E-state index in [2.05, 4.69) is 31.1 Å². The summed E-state index contributed by atoms with van der Waals surface area (Å²) in [5.41, 5.74) is 3.39. The highest BCUT2D eigenvalue weighted by molar-refractivity contribution is 7.20. The summed E-state index contributed by atoms with van der Waals surface area (Å²) in [4.78, 5) is 11.8. The van der Waals surface area contributed by atoms with Crippen molar-refractivity contribution in [2.45, 2.75) is 51.5 Å². The van der Waals surface area contributed by atoms with Crippen molar-refractivity contribution in [2.24, 2.45) is 0 Å². The molecule has 0 saturated carbocycles. The van der Waals surface area contributed by atoms with Gasteiger partial charge in [-0.25, -0.2) is 4.98 Å². The van der Waals surface area contributed by atoms with Gasteiger partial charge in [0.1, 0.15) is 5.01 Å². The molecule has 0 fully saturated rings. The number of fused-ring (bicyclic) bond motifs is 1. The van der Waals surface area contributed by atoms with Crippen molar-refractivity contribution >= 4 is 22.7 Å². The van der Waals surface area contributed by atoms with Crippen LogP contribution >= 0.6 is 22.7 Å². The Morgan fingerprint density at radius 2 is 2.25 bits per heavy atom. The predicted molar refractivity (Wildman–Crippen MR) is 86.7 cm³/mol. The fraction of sp³-hybridized carbons (Fsp3) is 0.600. The van der Waals surface area contributed by atoms with Gasteiger partial charge in [-0.05, 0) is 40.0 Å². The molecule has 108 valence electrons. The monoisotopic (exact) mass is 307 g/mol. The SMILES string of the molecule is CC(C)(C)NCC1CCCc2sc(-c3cncs3)nc21. The zero-order chi connectivity index (χ0) is 14.2. The predicted octanol–water partition coefficient (Wildman–Crippen LogP) is 4.07. The molecule has 2 aromatic rings. The zero-order valence-electron chi connectivity index (χ0n) is 12.3. The summed E-state index contributed by atoms with van der Waals surface area (Å²) in [5.74, 6) is 0.566. The molecule has 0 aliphatic heterocycles. The molecule has 0 saturated heterocycles. The fourth-order valence-corrected chi connectivity index (χ4v) is 4.43. The largest absolute Gasteiger partial charge is 0.311 e. The number of nitrogens with zero attached hydrogens (tertiary/aromatic N) is 2. The molecule has 5 heteroatoms. The number of rotatable bonds is 3. The molecule has 1 N–H and O–H groups in total. The van der Waals surface area contributed by atoms with Crippen molar-refractivity contribution in [3.05, 3.63) is 22.3 Å². The molecular formula is C15H21N3S2. The molecular weight excluding hydrogens is 286 g/mol. The zero-order valence-corrected chi connectivity index (χ0v) is 13.9. The third-order valence-electron chi connectivity index (χ3n) is 3.59. The summed E-state index contributed by atoms with van der Waals surface area (Å²) >= 11 is 3.54. The second-order valence-electron chi connectivity index (χ2n) is 6.41. The van der Waals surface area contributed by atoms with Crippen LogP contribution in [0, 0.1) is 0 Å². The molecule has 2 heterocycles. The Morgan fingerprint density at radius 1 is 1.40 bits per heavy atom. The normalized spacial score (nSPS) is 19.1. The van der Waals surface area contributed by atoms with E-state index in [0.717, 1.165) is 11.6 Å². The first-order valence-corrected chi connectivity index (χ1v) is 8.86. The van der Waals surface area contributed by atoms with Crippen LogP contribution in [0.3, 0.4) is 0 Å². The minimum Gasteiger partial charge on any atom is -0.311 e. The van der Waals surface area contributed by atoms with E-state index >= 15 is 0 Å².